The zero-order valence-electron chi connectivity index (χ0n) is 29.5. The highest BCUT2D eigenvalue weighted by Crippen LogP contribution is 2.29. The summed E-state index contributed by atoms with van der Waals surface area (Å²) in [5.74, 6) is 3.20. The number of hydrogen-bond acceptors (Lipinski definition) is 7. The second-order valence-corrected chi connectivity index (χ2v) is 11.9. The number of piperidine rings is 1. The van der Waals surface area contributed by atoms with Crippen molar-refractivity contribution in [1.29, 1.82) is 0 Å². The van der Waals surface area contributed by atoms with Gasteiger partial charge in [-0.3, -0.25) is 4.79 Å². The molecular formula is C37H59FN6O3. The van der Waals surface area contributed by atoms with Crippen LogP contribution in [0.1, 0.15) is 51.5 Å². The average Bonchev–Trinajstić information content (AvgIpc) is 3.67. The Morgan fingerprint density at radius 1 is 1.15 bits per heavy atom. The van der Waals surface area contributed by atoms with Gasteiger partial charge < -0.3 is 30.3 Å². The Hall–Kier alpha value is -3.65. The van der Waals surface area contributed by atoms with E-state index in [0.29, 0.717) is 12.3 Å². The number of halogens is 1. The number of benzene rings is 1. The number of terminal acetylenes is 1. The number of rotatable bonds is 9. The largest absolute Gasteiger partial charge is 0.476 e. The fourth-order valence-electron chi connectivity index (χ4n) is 5.43. The van der Waals surface area contributed by atoms with E-state index in [1.165, 1.54) is 37.9 Å². The Morgan fingerprint density at radius 2 is 1.79 bits per heavy atom. The quantitative estimate of drug-likeness (QED) is 0.257. The third kappa shape index (κ3) is 15.7. The third-order valence-electron chi connectivity index (χ3n) is 8.25. The van der Waals surface area contributed by atoms with Gasteiger partial charge in [-0.1, -0.05) is 48.9 Å². The molecule has 9 nitrogen and oxygen atoms in total. The number of nitrogens with zero attached hydrogens (tertiary/aromatic N) is 4. The first-order valence-electron chi connectivity index (χ1n) is 16.6. The second-order valence-electron chi connectivity index (χ2n) is 11.9. The van der Waals surface area contributed by atoms with Crippen molar-refractivity contribution in [2.75, 3.05) is 72.5 Å². The van der Waals surface area contributed by atoms with Crippen molar-refractivity contribution in [2.24, 2.45) is 17.6 Å². The van der Waals surface area contributed by atoms with E-state index < -0.39 is 6.17 Å². The Morgan fingerprint density at radius 3 is 2.30 bits per heavy atom. The van der Waals surface area contributed by atoms with Crippen LogP contribution in [0.2, 0.25) is 0 Å². The van der Waals surface area contributed by atoms with Crippen LogP contribution in [-0.4, -0.2) is 99.3 Å². The van der Waals surface area contributed by atoms with Crippen molar-refractivity contribution in [3.8, 4) is 24.4 Å². The summed E-state index contributed by atoms with van der Waals surface area (Å²) >= 11 is 0. The molecule has 47 heavy (non-hydrogen) atoms. The van der Waals surface area contributed by atoms with Gasteiger partial charge in [0.1, 0.15) is 12.0 Å². The van der Waals surface area contributed by atoms with E-state index >= 15 is 0 Å². The molecule has 1 aliphatic carbocycles. The van der Waals surface area contributed by atoms with E-state index in [1.54, 1.807) is 13.2 Å². The lowest BCUT2D eigenvalue weighted by molar-refractivity contribution is -0.106. The number of carbonyl (C=O) groups excluding carboxylic acids is 1. The van der Waals surface area contributed by atoms with E-state index in [0.717, 1.165) is 68.1 Å². The Kier molecular flexibility index (Phi) is 21.6. The number of alkyl halides is 1. The molecule has 3 heterocycles. The minimum atomic E-state index is -0.749. The minimum Gasteiger partial charge on any atom is -0.476 e. The van der Waals surface area contributed by atoms with Crippen LogP contribution in [0, 0.1) is 31.6 Å². The number of likely N-dealkylation sites (tertiary alicyclic amines) is 2. The highest BCUT2D eigenvalue weighted by Gasteiger charge is 2.21. The molecule has 1 aromatic heterocycles. The number of amides is 1. The number of anilines is 1. The molecule has 3 N–H and O–H groups in total. The Bertz CT molecular complexity index is 1190. The van der Waals surface area contributed by atoms with Crippen LogP contribution in [0.25, 0.3) is 5.69 Å². The fourth-order valence-corrected chi connectivity index (χ4v) is 5.43. The molecule has 0 bridgehead atoms. The average molecular weight is 655 g/mol. The molecule has 0 radical (unpaired) electrons. The molecule has 1 amide bonds. The molecule has 2 fully saturated rings. The van der Waals surface area contributed by atoms with Crippen molar-refractivity contribution in [3.05, 3.63) is 59.7 Å². The summed E-state index contributed by atoms with van der Waals surface area (Å²) in [6.45, 7) is 13.8. The number of methoxy groups -OCH3 is 1. The van der Waals surface area contributed by atoms with Crippen molar-refractivity contribution in [3.63, 3.8) is 0 Å². The highest BCUT2D eigenvalue weighted by molar-refractivity contribution is 5.54. The van der Waals surface area contributed by atoms with Gasteiger partial charge in [-0.15, -0.1) is 17.9 Å². The summed E-state index contributed by atoms with van der Waals surface area (Å²) in [7, 11) is 5.78. The first kappa shape index (κ1) is 41.4. The Balaban J connectivity index is 0.000000395. The maximum atomic E-state index is 12.8. The van der Waals surface area contributed by atoms with Gasteiger partial charge in [0.15, 0.2) is 0 Å². The van der Waals surface area contributed by atoms with Crippen molar-refractivity contribution >= 4 is 12.2 Å². The molecular weight excluding hydrogens is 595 g/mol. The van der Waals surface area contributed by atoms with Crippen molar-refractivity contribution in [2.45, 2.75) is 59.0 Å². The smallest absolute Gasteiger partial charge is 0.238 e. The number of primary amides is 1. The number of allylic oxidation sites excluding steroid dienone is 3. The van der Waals surface area contributed by atoms with Gasteiger partial charge in [0.25, 0.3) is 0 Å². The van der Waals surface area contributed by atoms with Crippen LogP contribution >= 0.6 is 0 Å². The number of hydrogen-bond donors (Lipinski definition) is 2. The van der Waals surface area contributed by atoms with Crippen LogP contribution in [0.5, 0.6) is 5.88 Å². The maximum absolute atomic E-state index is 12.8. The fraction of sp³-hybridized carbons (Fsp3) is 0.568. The van der Waals surface area contributed by atoms with E-state index in [4.69, 9.17) is 9.53 Å². The molecule has 3 aliphatic rings. The summed E-state index contributed by atoms with van der Waals surface area (Å²) in [6, 6.07) is 10.1. The monoisotopic (exact) mass is 654 g/mol. The maximum Gasteiger partial charge on any atom is 0.238 e. The van der Waals surface area contributed by atoms with E-state index in [1.807, 2.05) is 61.1 Å². The lowest BCUT2D eigenvalue weighted by Crippen LogP contribution is -2.32. The van der Waals surface area contributed by atoms with Crippen LogP contribution in [0.4, 0.5) is 10.2 Å². The van der Waals surface area contributed by atoms with Gasteiger partial charge >= 0.3 is 0 Å². The first-order chi connectivity index (χ1) is 22.8. The highest BCUT2D eigenvalue weighted by atomic mass is 19.1. The first-order valence-corrected chi connectivity index (χ1v) is 16.6. The number of para-hydroxylation sites is 1. The van der Waals surface area contributed by atoms with Gasteiger partial charge in [0, 0.05) is 40.3 Å². The van der Waals surface area contributed by atoms with Crippen LogP contribution in [-0.2, 0) is 9.53 Å². The predicted octanol–water partition coefficient (Wildman–Crippen LogP) is 5.89. The number of nitrogens with one attached hydrogen (secondary N) is 1. The van der Waals surface area contributed by atoms with Gasteiger partial charge in [-0.05, 0) is 90.2 Å². The zero-order chi connectivity index (χ0) is 35.0. The van der Waals surface area contributed by atoms with Crippen molar-refractivity contribution in [1.82, 2.24) is 19.6 Å². The van der Waals surface area contributed by atoms with Gasteiger partial charge in [0.05, 0.1) is 17.9 Å². The molecule has 2 saturated heterocycles. The molecule has 1 aromatic carbocycles. The summed E-state index contributed by atoms with van der Waals surface area (Å²) in [6.07, 6.45) is 18.6. The summed E-state index contributed by atoms with van der Waals surface area (Å²) in [4.78, 5) is 13.5. The molecule has 10 heteroatoms. The molecule has 0 spiro atoms. The van der Waals surface area contributed by atoms with Gasteiger partial charge in [0.2, 0.25) is 12.3 Å². The second kappa shape index (κ2) is 24.5. The molecule has 2 atom stereocenters. The molecule has 2 aromatic rings. The SMILES string of the molecule is C#C.CCOC.CNc1c(C)c(OCC2CCN(C)CC2)nn1-c1ccccc1.C[C@@H]1CCN(CCC2=CCC(F)C=C2)C1.NC=O. The molecule has 5 rings (SSSR count). The molecule has 0 saturated carbocycles. The van der Waals surface area contributed by atoms with Gasteiger partial charge in [-0.2, -0.15) is 0 Å². The predicted molar refractivity (Wildman–Crippen MR) is 193 cm³/mol. The molecule has 2 aliphatic heterocycles. The summed E-state index contributed by atoms with van der Waals surface area (Å²) in [5.41, 5.74) is 7.57. The summed E-state index contributed by atoms with van der Waals surface area (Å²) < 4.78 is 25.3. The number of nitrogens with two attached hydrogens (primary N) is 1. The topological polar surface area (TPSA) is 97.9 Å². The van der Waals surface area contributed by atoms with Crippen molar-refractivity contribution < 1.29 is 18.7 Å². The van der Waals surface area contributed by atoms with Gasteiger partial charge in [-0.25, -0.2) is 9.07 Å². The standard InChI is InChI=1S/C18H26N4O.C13H20FN.C3H8O.C2H2.CH3NO/c1-14-17(19-2)22(16-7-5-4-6-8-16)20-18(14)23-13-15-9-11-21(3)12-10-15;1-11-6-8-15(10-11)9-7-12-2-4-13(14)5-3-12;1-3-4-2;1-2;2-1-3/h4-8,15,19H,9-13H2,1-3H3;2-4,11,13H,5-10H2,1H3;3H2,1-2H3;1-2H;1H,(H2,2,3)/t;11-,13?;;;/m.1.../s1. The van der Waals surface area contributed by atoms with Crippen LogP contribution in [0.3, 0.4) is 0 Å². The van der Waals surface area contributed by atoms with Crippen LogP contribution < -0.4 is 15.8 Å². The van der Waals surface area contributed by atoms with E-state index in [2.05, 4.69) is 64.4 Å². The van der Waals surface area contributed by atoms with E-state index in [-0.39, 0.29) is 6.41 Å². The summed E-state index contributed by atoms with van der Waals surface area (Å²) in [5, 5.41) is 7.91. The zero-order valence-corrected chi connectivity index (χ0v) is 29.5. The number of ether oxygens (including phenoxy) is 2. The normalized spacial score (nSPS) is 19.2. The number of aromatic nitrogens is 2. The molecule has 1 unspecified atom stereocenters. The lowest BCUT2D eigenvalue weighted by Gasteiger charge is -2.28. The minimum absolute atomic E-state index is 0.250. The van der Waals surface area contributed by atoms with E-state index in [9.17, 15) is 4.39 Å². The number of carbonyl (C=O) groups is 1. The van der Waals surface area contributed by atoms with Crippen LogP contribution in [0.15, 0.2) is 54.1 Å². The molecule has 262 valence electrons. The third-order valence-corrected chi connectivity index (χ3v) is 8.25. The lowest BCUT2D eigenvalue weighted by atomic mass is 9.98. The Labute approximate surface area is 283 Å².